The molecule has 3 nitrogen and oxygen atoms in total. The maximum atomic E-state index is 13.6. The highest BCUT2D eigenvalue weighted by atomic mass is 19.1. The van der Waals surface area contributed by atoms with E-state index in [0.29, 0.717) is 24.0 Å². The lowest BCUT2D eigenvalue weighted by molar-refractivity contribution is -0.0247. The average Bonchev–Trinajstić information content (AvgIpc) is 2.75. The molecule has 2 atom stereocenters. The number of fused-ring (bicyclic) bond motifs is 1. The zero-order valence-corrected chi connectivity index (χ0v) is 10.0. The maximum absolute atomic E-state index is 13.6. The molecule has 1 saturated carbocycles. The standard InChI is InChI=1S/C14H16FNO2/c15-11-5-1-3-9-7-12(18-13(9)11)14(17)6-2-4-10(16)8-14/h1,3,5,7,10,17H,2,4,6,8,16H2. The molecule has 4 heteroatoms. The van der Waals surface area contributed by atoms with E-state index in [2.05, 4.69) is 0 Å². The summed E-state index contributed by atoms with van der Waals surface area (Å²) < 4.78 is 19.1. The summed E-state index contributed by atoms with van der Waals surface area (Å²) in [6, 6.07) is 6.45. The molecule has 0 bridgehead atoms. The molecule has 0 aliphatic heterocycles. The van der Waals surface area contributed by atoms with Gasteiger partial charge in [-0.15, -0.1) is 0 Å². The Balaban J connectivity index is 2.06. The van der Waals surface area contributed by atoms with Crippen molar-refractivity contribution < 1.29 is 13.9 Å². The molecular weight excluding hydrogens is 233 g/mol. The van der Waals surface area contributed by atoms with Crippen LogP contribution in [0.15, 0.2) is 28.7 Å². The molecule has 3 N–H and O–H groups in total. The van der Waals surface area contributed by atoms with Crippen LogP contribution in [0, 0.1) is 5.82 Å². The predicted molar refractivity (Wildman–Crippen MR) is 66.5 cm³/mol. The lowest BCUT2D eigenvalue weighted by Crippen LogP contribution is -2.38. The molecule has 0 radical (unpaired) electrons. The van der Waals surface area contributed by atoms with E-state index in [1.165, 1.54) is 6.07 Å². The second kappa shape index (κ2) is 4.07. The van der Waals surface area contributed by atoms with Crippen LogP contribution in [0.4, 0.5) is 4.39 Å². The van der Waals surface area contributed by atoms with Crippen LogP contribution in [0.1, 0.15) is 31.4 Å². The van der Waals surface area contributed by atoms with Crippen molar-refractivity contribution in [2.24, 2.45) is 5.73 Å². The first-order valence-electron chi connectivity index (χ1n) is 6.25. The Morgan fingerprint density at radius 3 is 3.00 bits per heavy atom. The van der Waals surface area contributed by atoms with Crippen molar-refractivity contribution in [2.75, 3.05) is 0 Å². The van der Waals surface area contributed by atoms with Crippen LogP contribution in [0.25, 0.3) is 11.0 Å². The Labute approximate surface area is 104 Å². The molecule has 1 aromatic carbocycles. The predicted octanol–water partition coefficient (Wildman–Crippen LogP) is 2.66. The number of furan rings is 1. The first-order valence-corrected chi connectivity index (χ1v) is 6.25. The molecule has 1 aliphatic rings. The molecule has 1 fully saturated rings. The largest absolute Gasteiger partial charge is 0.455 e. The van der Waals surface area contributed by atoms with E-state index < -0.39 is 11.4 Å². The minimum Gasteiger partial charge on any atom is -0.455 e. The molecule has 18 heavy (non-hydrogen) atoms. The Morgan fingerprint density at radius 1 is 1.44 bits per heavy atom. The van der Waals surface area contributed by atoms with Crippen LogP contribution in [-0.2, 0) is 5.60 Å². The van der Waals surface area contributed by atoms with E-state index in [9.17, 15) is 9.50 Å². The second-order valence-electron chi connectivity index (χ2n) is 5.16. The molecule has 1 heterocycles. The number of hydrogen-bond acceptors (Lipinski definition) is 3. The number of benzene rings is 1. The van der Waals surface area contributed by atoms with Crippen LogP contribution in [0.3, 0.4) is 0 Å². The highest BCUT2D eigenvalue weighted by molar-refractivity contribution is 5.78. The molecule has 0 spiro atoms. The third kappa shape index (κ3) is 1.82. The van der Waals surface area contributed by atoms with Gasteiger partial charge in [0.15, 0.2) is 11.4 Å². The number of aliphatic hydroxyl groups is 1. The van der Waals surface area contributed by atoms with E-state index in [1.54, 1.807) is 18.2 Å². The summed E-state index contributed by atoms with van der Waals surface area (Å²) in [5.41, 5.74) is 5.05. The monoisotopic (exact) mass is 249 g/mol. The molecule has 3 rings (SSSR count). The average molecular weight is 249 g/mol. The van der Waals surface area contributed by atoms with Crippen LogP contribution >= 0.6 is 0 Å². The summed E-state index contributed by atoms with van der Waals surface area (Å²) in [6.07, 6.45) is 2.85. The molecule has 1 aromatic heterocycles. The summed E-state index contributed by atoms with van der Waals surface area (Å²) in [7, 11) is 0. The van der Waals surface area contributed by atoms with Crippen molar-refractivity contribution in [3.63, 3.8) is 0 Å². The van der Waals surface area contributed by atoms with E-state index in [4.69, 9.17) is 10.2 Å². The van der Waals surface area contributed by atoms with Gasteiger partial charge in [0.1, 0.15) is 11.4 Å². The van der Waals surface area contributed by atoms with Crippen LogP contribution in [-0.4, -0.2) is 11.1 Å². The van der Waals surface area contributed by atoms with Gasteiger partial charge in [-0.2, -0.15) is 0 Å². The van der Waals surface area contributed by atoms with Gasteiger partial charge in [0, 0.05) is 11.4 Å². The second-order valence-corrected chi connectivity index (χ2v) is 5.16. The minimum atomic E-state index is -1.05. The van der Waals surface area contributed by atoms with Crippen molar-refractivity contribution in [3.8, 4) is 0 Å². The summed E-state index contributed by atoms with van der Waals surface area (Å²) in [5.74, 6) is 0.0280. The van der Waals surface area contributed by atoms with Gasteiger partial charge in [-0.25, -0.2) is 4.39 Å². The third-order valence-electron chi connectivity index (χ3n) is 3.72. The fraction of sp³-hybridized carbons (Fsp3) is 0.429. The van der Waals surface area contributed by atoms with Crippen LogP contribution in [0.2, 0.25) is 0 Å². The van der Waals surface area contributed by atoms with Crippen molar-refractivity contribution in [1.29, 1.82) is 0 Å². The number of rotatable bonds is 1. The van der Waals surface area contributed by atoms with Gasteiger partial charge >= 0.3 is 0 Å². The van der Waals surface area contributed by atoms with E-state index in [0.717, 1.165) is 12.8 Å². The molecule has 0 amide bonds. The van der Waals surface area contributed by atoms with E-state index in [1.807, 2.05) is 0 Å². The van der Waals surface area contributed by atoms with E-state index in [-0.39, 0.29) is 11.6 Å². The van der Waals surface area contributed by atoms with Crippen LogP contribution < -0.4 is 5.73 Å². The molecule has 0 saturated heterocycles. The summed E-state index contributed by atoms with van der Waals surface area (Å²) in [5, 5.41) is 11.3. The van der Waals surface area contributed by atoms with Crippen molar-refractivity contribution in [2.45, 2.75) is 37.3 Å². The Morgan fingerprint density at radius 2 is 2.28 bits per heavy atom. The summed E-state index contributed by atoms with van der Waals surface area (Å²) in [4.78, 5) is 0. The van der Waals surface area contributed by atoms with Gasteiger partial charge in [-0.1, -0.05) is 12.1 Å². The maximum Gasteiger partial charge on any atom is 0.170 e. The zero-order valence-electron chi connectivity index (χ0n) is 10.0. The summed E-state index contributed by atoms with van der Waals surface area (Å²) in [6.45, 7) is 0. The normalized spacial score (nSPS) is 28.7. The highest BCUT2D eigenvalue weighted by Crippen LogP contribution is 2.39. The topological polar surface area (TPSA) is 59.4 Å². The van der Waals surface area contributed by atoms with Gasteiger partial charge in [0.05, 0.1) is 0 Å². The molecular formula is C14H16FNO2. The van der Waals surface area contributed by atoms with Crippen LogP contribution in [0.5, 0.6) is 0 Å². The van der Waals surface area contributed by atoms with Gasteiger partial charge in [-0.05, 0) is 37.8 Å². The van der Waals surface area contributed by atoms with Crippen molar-refractivity contribution >= 4 is 11.0 Å². The molecule has 96 valence electrons. The van der Waals surface area contributed by atoms with Gasteiger partial charge < -0.3 is 15.3 Å². The van der Waals surface area contributed by atoms with Gasteiger partial charge in [-0.3, -0.25) is 0 Å². The minimum absolute atomic E-state index is 0.0261. The quantitative estimate of drug-likeness (QED) is 0.816. The third-order valence-corrected chi connectivity index (χ3v) is 3.72. The summed E-state index contributed by atoms with van der Waals surface area (Å²) >= 11 is 0. The number of nitrogens with two attached hydrogens (primary N) is 1. The molecule has 1 aliphatic carbocycles. The number of para-hydroxylation sites is 1. The highest BCUT2D eigenvalue weighted by Gasteiger charge is 2.37. The number of hydrogen-bond donors (Lipinski definition) is 2. The molecule has 2 aromatic rings. The van der Waals surface area contributed by atoms with Gasteiger partial charge in [0.25, 0.3) is 0 Å². The molecule has 2 unspecified atom stereocenters. The van der Waals surface area contributed by atoms with Gasteiger partial charge in [0.2, 0.25) is 0 Å². The Bertz CT molecular complexity index is 580. The Hall–Kier alpha value is -1.39. The van der Waals surface area contributed by atoms with Crippen molar-refractivity contribution in [1.82, 2.24) is 0 Å². The smallest absolute Gasteiger partial charge is 0.170 e. The van der Waals surface area contributed by atoms with Crippen molar-refractivity contribution in [3.05, 3.63) is 35.8 Å². The number of halogens is 1. The lowest BCUT2D eigenvalue weighted by Gasteiger charge is -2.33. The zero-order chi connectivity index (χ0) is 12.8. The van der Waals surface area contributed by atoms with E-state index >= 15 is 0 Å². The Kier molecular flexibility index (Phi) is 2.64. The fourth-order valence-corrected chi connectivity index (χ4v) is 2.78. The first kappa shape index (κ1) is 11.7. The SMILES string of the molecule is NC1CCCC(O)(c2cc3cccc(F)c3o2)C1. The fourth-order valence-electron chi connectivity index (χ4n) is 2.78. The lowest BCUT2D eigenvalue weighted by atomic mass is 9.80. The first-order chi connectivity index (χ1) is 8.58.